The molecule has 0 heterocycles. The molecule has 0 radical (unpaired) electrons. The van der Waals surface area contributed by atoms with Gasteiger partial charge in [0.1, 0.15) is 0 Å². The molecule has 2 nitrogen and oxygen atoms in total. The minimum absolute atomic E-state index is 0.0397. The Balaban J connectivity index is 2.33. The van der Waals surface area contributed by atoms with E-state index in [1.165, 1.54) is 12.8 Å². The molecule has 0 amide bonds. The predicted octanol–water partition coefficient (Wildman–Crippen LogP) is 2.44. The summed E-state index contributed by atoms with van der Waals surface area (Å²) in [4.78, 5) is 0. The van der Waals surface area contributed by atoms with Gasteiger partial charge in [-0.05, 0) is 38.5 Å². The first kappa shape index (κ1) is 12.0. The first-order valence-electron chi connectivity index (χ1n) is 5.75. The van der Waals surface area contributed by atoms with E-state index in [2.05, 4.69) is 33.0 Å². The normalized spacial score (nSPS) is 20.1. The zero-order valence-corrected chi connectivity index (χ0v) is 10.3. The third-order valence-corrected chi connectivity index (χ3v) is 3.16. The van der Waals surface area contributed by atoms with Crippen molar-refractivity contribution in [2.24, 2.45) is 11.8 Å². The fourth-order valence-corrected chi connectivity index (χ4v) is 1.84. The Morgan fingerprint density at radius 2 is 1.93 bits per heavy atom. The average molecular weight is 199 g/mol. The van der Waals surface area contributed by atoms with Crippen molar-refractivity contribution in [1.82, 2.24) is 5.32 Å². The van der Waals surface area contributed by atoms with Gasteiger partial charge < -0.3 is 10.1 Å². The molecule has 14 heavy (non-hydrogen) atoms. The van der Waals surface area contributed by atoms with Crippen LogP contribution in [0.2, 0.25) is 0 Å². The summed E-state index contributed by atoms with van der Waals surface area (Å²) in [7, 11) is 1.78. The molecule has 1 N–H and O–H groups in total. The first-order chi connectivity index (χ1) is 6.46. The summed E-state index contributed by atoms with van der Waals surface area (Å²) >= 11 is 0. The maximum Gasteiger partial charge on any atom is 0.0746 e. The van der Waals surface area contributed by atoms with Crippen molar-refractivity contribution in [3.63, 3.8) is 0 Å². The number of hydrogen-bond acceptors (Lipinski definition) is 2. The zero-order chi connectivity index (χ0) is 10.8. The summed E-state index contributed by atoms with van der Waals surface area (Å²) in [5, 5.41) is 3.65. The van der Waals surface area contributed by atoms with E-state index in [1.807, 2.05) is 0 Å². The standard InChI is InChI=1S/C12H25NO/c1-9(2)11(10-6-7-10)13-8-12(3,4)14-5/h9-11,13H,6-8H2,1-5H3. The molecule has 1 unspecified atom stereocenters. The third-order valence-electron chi connectivity index (χ3n) is 3.16. The van der Waals surface area contributed by atoms with Gasteiger partial charge in [0.25, 0.3) is 0 Å². The van der Waals surface area contributed by atoms with Crippen LogP contribution in [0, 0.1) is 11.8 Å². The first-order valence-corrected chi connectivity index (χ1v) is 5.75. The molecule has 0 spiro atoms. The number of ether oxygens (including phenoxy) is 1. The molecule has 1 rings (SSSR count). The van der Waals surface area contributed by atoms with E-state index < -0.39 is 0 Å². The summed E-state index contributed by atoms with van der Waals surface area (Å²) in [5.74, 6) is 1.65. The lowest BCUT2D eigenvalue weighted by Gasteiger charge is -2.29. The second-order valence-electron chi connectivity index (χ2n) is 5.45. The number of hydrogen-bond donors (Lipinski definition) is 1. The van der Waals surface area contributed by atoms with Gasteiger partial charge in [0.05, 0.1) is 5.60 Å². The van der Waals surface area contributed by atoms with Crippen LogP contribution in [0.5, 0.6) is 0 Å². The number of rotatable bonds is 6. The summed E-state index contributed by atoms with van der Waals surface area (Å²) in [6.07, 6.45) is 2.81. The fraction of sp³-hybridized carbons (Fsp3) is 1.00. The van der Waals surface area contributed by atoms with Gasteiger partial charge in [0, 0.05) is 19.7 Å². The Labute approximate surface area is 88.4 Å². The van der Waals surface area contributed by atoms with Crippen molar-refractivity contribution < 1.29 is 4.74 Å². The molecule has 1 aliphatic rings. The molecule has 1 aliphatic carbocycles. The molecule has 1 fully saturated rings. The van der Waals surface area contributed by atoms with Crippen molar-refractivity contribution in [1.29, 1.82) is 0 Å². The second kappa shape index (κ2) is 4.63. The average Bonchev–Trinajstić information content (AvgIpc) is 2.88. The zero-order valence-electron chi connectivity index (χ0n) is 10.3. The van der Waals surface area contributed by atoms with E-state index in [0.717, 1.165) is 18.4 Å². The molecule has 84 valence electrons. The third kappa shape index (κ3) is 3.58. The molecule has 0 aromatic rings. The predicted molar refractivity (Wildman–Crippen MR) is 60.4 cm³/mol. The van der Waals surface area contributed by atoms with Crippen LogP contribution in [0.4, 0.5) is 0 Å². The maximum atomic E-state index is 5.41. The van der Waals surface area contributed by atoms with Crippen LogP contribution in [0.3, 0.4) is 0 Å². The Morgan fingerprint density at radius 1 is 1.36 bits per heavy atom. The Morgan fingerprint density at radius 3 is 2.29 bits per heavy atom. The fourth-order valence-electron chi connectivity index (χ4n) is 1.84. The van der Waals surface area contributed by atoms with Gasteiger partial charge >= 0.3 is 0 Å². The minimum Gasteiger partial charge on any atom is -0.377 e. The lowest BCUT2D eigenvalue weighted by Crippen LogP contribution is -2.44. The molecule has 0 saturated heterocycles. The highest BCUT2D eigenvalue weighted by molar-refractivity contribution is 4.89. The van der Waals surface area contributed by atoms with Crippen molar-refractivity contribution >= 4 is 0 Å². The largest absolute Gasteiger partial charge is 0.377 e. The van der Waals surface area contributed by atoms with Crippen LogP contribution in [0.1, 0.15) is 40.5 Å². The summed E-state index contributed by atoms with van der Waals surface area (Å²) in [6, 6.07) is 0.685. The molecule has 1 saturated carbocycles. The summed E-state index contributed by atoms with van der Waals surface area (Å²) in [6.45, 7) is 9.81. The van der Waals surface area contributed by atoms with E-state index in [0.29, 0.717) is 6.04 Å². The van der Waals surface area contributed by atoms with Crippen molar-refractivity contribution in [2.45, 2.75) is 52.2 Å². The van der Waals surface area contributed by atoms with Crippen LogP contribution >= 0.6 is 0 Å². The molecule has 2 heteroatoms. The maximum absolute atomic E-state index is 5.41. The monoisotopic (exact) mass is 199 g/mol. The quantitative estimate of drug-likeness (QED) is 0.709. The lowest BCUT2D eigenvalue weighted by molar-refractivity contribution is 0.0191. The van der Waals surface area contributed by atoms with Crippen molar-refractivity contribution in [3.05, 3.63) is 0 Å². The van der Waals surface area contributed by atoms with E-state index in [-0.39, 0.29) is 5.60 Å². The highest BCUT2D eigenvalue weighted by Crippen LogP contribution is 2.35. The minimum atomic E-state index is -0.0397. The van der Waals surface area contributed by atoms with Gasteiger partial charge in [-0.25, -0.2) is 0 Å². The van der Waals surface area contributed by atoms with Crippen LogP contribution in [0.15, 0.2) is 0 Å². The number of methoxy groups -OCH3 is 1. The van der Waals surface area contributed by atoms with Crippen LogP contribution in [0.25, 0.3) is 0 Å². The van der Waals surface area contributed by atoms with Gasteiger partial charge in [-0.1, -0.05) is 13.8 Å². The van der Waals surface area contributed by atoms with E-state index in [9.17, 15) is 0 Å². The Kier molecular flexibility index (Phi) is 3.96. The summed E-state index contributed by atoms with van der Waals surface area (Å²) < 4.78 is 5.41. The topological polar surface area (TPSA) is 21.3 Å². The molecular weight excluding hydrogens is 174 g/mol. The van der Waals surface area contributed by atoms with Gasteiger partial charge in [-0.2, -0.15) is 0 Å². The molecule has 0 aromatic carbocycles. The van der Waals surface area contributed by atoms with Gasteiger partial charge in [-0.15, -0.1) is 0 Å². The molecule has 0 aliphatic heterocycles. The SMILES string of the molecule is COC(C)(C)CNC(C(C)C)C1CC1. The van der Waals surface area contributed by atoms with Gasteiger partial charge in [0.2, 0.25) is 0 Å². The summed E-state index contributed by atoms with van der Waals surface area (Å²) in [5.41, 5.74) is -0.0397. The van der Waals surface area contributed by atoms with Crippen LogP contribution < -0.4 is 5.32 Å². The van der Waals surface area contributed by atoms with Crippen molar-refractivity contribution in [2.75, 3.05) is 13.7 Å². The highest BCUT2D eigenvalue weighted by Gasteiger charge is 2.33. The second-order valence-corrected chi connectivity index (χ2v) is 5.45. The van der Waals surface area contributed by atoms with Crippen LogP contribution in [-0.4, -0.2) is 25.3 Å². The van der Waals surface area contributed by atoms with E-state index in [1.54, 1.807) is 7.11 Å². The smallest absolute Gasteiger partial charge is 0.0746 e. The Hall–Kier alpha value is -0.0800. The van der Waals surface area contributed by atoms with E-state index in [4.69, 9.17) is 4.74 Å². The molecule has 0 bridgehead atoms. The van der Waals surface area contributed by atoms with Gasteiger partial charge in [0.15, 0.2) is 0 Å². The molecule has 1 atom stereocenters. The highest BCUT2D eigenvalue weighted by atomic mass is 16.5. The van der Waals surface area contributed by atoms with E-state index >= 15 is 0 Å². The van der Waals surface area contributed by atoms with Crippen molar-refractivity contribution in [3.8, 4) is 0 Å². The molecule has 0 aromatic heterocycles. The Bertz CT molecular complexity index is 171. The van der Waals surface area contributed by atoms with Gasteiger partial charge in [-0.3, -0.25) is 0 Å². The number of nitrogens with one attached hydrogen (secondary N) is 1. The lowest BCUT2D eigenvalue weighted by atomic mass is 9.98. The van der Waals surface area contributed by atoms with Crippen LogP contribution in [-0.2, 0) is 4.74 Å². The molecular formula is C12H25NO.